The highest BCUT2D eigenvalue weighted by molar-refractivity contribution is 5.87. The molecular formula is C42H52F2N2O6. The van der Waals surface area contributed by atoms with E-state index < -0.39 is 41.9 Å². The molecule has 0 aliphatic carbocycles. The SMILES string of the molecule is C=CCO[C@@H]1C[C@H]([C@@H](O)[C@H](Cc2cc(F)cc(F)c2)OC(=O)[C@H](CCc2ccccc2)N2CC[C@H](CC(C)C)C2=O)N(Cc2ccc(OC)cc2)C1. The largest absolute Gasteiger partial charge is 0.497 e. The molecule has 0 bridgehead atoms. The van der Waals surface area contributed by atoms with Crippen molar-refractivity contribution in [3.8, 4) is 5.75 Å². The number of carbonyl (C=O) groups excluding carboxylic acids is 2. The lowest BCUT2D eigenvalue weighted by atomic mass is 9.95. The Labute approximate surface area is 306 Å². The Morgan fingerprint density at radius 3 is 2.38 bits per heavy atom. The number of hydrogen-bond acceptors (Lipinski definition) is 7. The zero-order valence-electron chi connectivity index (χ0n) is 30.5. The normalized spacial score (nSPS) is 20.9. The second kappa shape index (κ2) is 18.6. The number of esters is 1. The summed E-state index contributed by atoms with van der Waals surface area (Å²) in [4.78, 5) is 31.8. The average Bonchev–Trinajstić information content (AvgIpc) is 3.69. The molecule has 52 heavy (non-hydrogen) atoms. The summed E-state index contributed by atoms with van der Waals surface area (Å²) in [6.07, 6.45) is 1.50. The van der Waals surface area contributed by atoms with E-state index in [2.05, 4.69) is 25.3 Å². The number of halogens is 2. The minimum atomic E-state index is -1.26. The molecular weight excluding hydrogens is 666 g/mol. The van der Waals surface area contributed by atoms with Crippen molar-refractivity contribution in [1.82, 2.24) is 9.80 Å². The van der Waals surface area contributed by atoms with Gasteiger partial charge in [-0.2, -0.15) is 0 Å². The molecule has 8 nitrogen and oxygen atoms in total. The predicted molar refractivity (Wildman–Crippen MR) is 196 cm³/mol. The van der Waals surface area contributed by atoms with Gasteiger partial charge in [0, 0.05) is 44.1 Å². The van der Waals surface area contributed by atoms with Crippen LogP contribution >= 0.6 is 0 Å². The van der Waals surface area contributed by atoms with Gasteiger partial charge in [0.05, 0.1) is 19.8 Å². The number of ether oxygens (including phenoxy) is 3. The Morgan fingerprint density at radius 1 is 1.02 bits per heavy atom. The van der Waals surface area contributed by atoms with Crippen molar-refractivity contribution in [2.75, 3.05) is 26.8 Å². The molecule has 280 valence electrons. The van der Waals surface area contributed by atoms with E-state index in [1.807, 2.05) is 54.6 Å². The molecule has 10 heteroatoms. The fraction of sp³-hybridized carbons (Fsp3) is 0.476. The molecule has 2 saturated heterocycles. The summed E-state index contributed by atoms with van der Waals surface area (Å²) < 4.78 is 46.5. The molecule has 0 aromatic heterocycles. The molecule has 5 rings (SSSR count). The molecule has 0 saturated carbocycles. The third-order valence-electron chi connectivity index (χ3n) is 10.1. The lowest BCUT2D eigenvalue weighted by Gasteiger charge is -2.35. The second-order valence-electron chi connectivity index (χ2n) is 14.5. The molecule has 2 fully saturated rings. The van der Waals surface area contributed by atoms with Crippen LogP contribution in [-0.2, 0) is 38.4 Å². The molecule has 6 atom stereocenters. The van der Waals surface area contributed by atoms with Gasteiger partial charge in [-0.15, -0.1) is 6.58 Å². The van der Waals surface area contributed by atoms with Crippen LogP contribution in [-0.4, -0.2) is 84.0 Å². The predicted octanol–water partition coefficient (Wildman–Crippen LogP) is 6.53. The summed E-state index contributed by atoms with van der Waals surface area (Å²) in [6, 6.07) is 19.1. The Hall–Kier alpha value is -4.12. The molecule has 2 aliphatic heterocycles. The number of aliphatic hydroxyl groups excluding tert-OH is 1. The highest BCUT2D eigenvalue weighted by Crippen LogP contribution is 2.31. The smallest absolute Gasteiger partial charge is 0.329 e. The maximum absolute atomic E-state index is 14.4. The number of carbonyl (C=O) groups is 2. The average molecular weight is 719 g/mol. The fourth-order valence-corrected chi connectivity index (χ4v) is 7.60. The van der Waals surface area contributed by atoms with Crippen molar-refractivity contribution >= 4 is 11.9 Å². The van der Waals surface area contributed by atoms with E-state index in [9.17, 15) is 23.5 Å². The molecule has 0 spiro atoms. The Balaban J connectivity index is 1.44. The molecule has 2 heterocycles. The summed E-state index contributed by atoms with van der Waals surface area (Å²) in [7, 11) is 1.60. The maximum Gasteiger partial charge on any atom is 0.329 e. The summed E-state index contributed by atoms with van der Waals surface area (Å²) in [5, 5.41) is 12.2. The first kappa shape index (κ1) is 39.1. The van der Waals surface area contributed by atoms with Gasteiger partial charge in [-0.3, -0.25) is 9.69 Å². The number of aliphatic hydroxyl groups is 1. The van der Waals surface area contributed by atoms with Crippen LogP contribution in [0.3, 0.4) is 0 Å². The number of rotatable bonds is 18. The minimum absolute atomic E-state index is 0.0725. The quantitative estimate of drug-likeness (QED) is 0.118. The number of methoxy groups -OCH3 is 1. The first-order valence-corrected chi connectivity index (χ1v) is 18.3. The lowest BCUT2D eigenvalue weighted by molar-refractivity contribution is -0.166. The highest BCUT2D eigenvalue weighted by atomic mass is 19.1. The van der Waals surface area contributed by atoms with Crippen LogP contribution in [0.4, 0.5) is 8.78 Å². The van der Waals surface area contributed by atoms with Gasteiger partial charge < -0.3 is 24.2 Å². The van der Waals surface area contributed by atoms with E-state index in [0.29, 0.717) is 57.8 Å². The second-order valence-corrected chi connectivity index (χ2v) is 14.5. The van der Waals surface area contributed by atoms with Crippen LogP contribution in [0.1, 0.15) is 56.2 Å². The number of benzene rings is 3. The topological polar surface area (TPSA) is 88.5 Å². The molecule has 1 N–H and O–H groups in total. The number of hydrogen-bond donors (Lipinski definition) is 1. The minimum Gasteiger partial charge on any atom is -0.497 e. The highest BCUT2D eigenvalue weighted by Gasteiger charge is 2.44. The zero-order chi connectivity index (χ0) is 37.2. The van der Waals surface area contributed by atoms with Gasteiger partial charge in [0.2, 0.25) is 5.91 Å². The monoisotopic (exact) mass is 718 g/mol. The zero-order valence-corrected chi connectivity index (χ0v) is 30.5. The summed E-state index contributed by atoms with van der Waals surface area (Å²) in [6.45, 7) is 9.63. The van der Waals surface area contributed by atoms with E-state index >= 15 is 0 Å². The number of likely N-dealkylation sites (tertiary alicyclic amines) is 2. The van der Waals surface area contributed by atoms with E-state index in [1.165, 1.54) is 12.1 Å². The fourth-order valence-electron chi connectivity index (χ4n) is 7.60. The van der Waals surface area contributed by atoms with E-state index in [0.717, 1.165) is 29.4 Å². The molecule has 0 unspecified atom stereocenters. The number of amides is 1. The molecule has 0 radical (unpaired) electrons. The van der Waals surface area contributed by atoms with E-state index in [-0.39, 0.29) is 29.9 Å². The van der Waals surface area contributed by atoms with Crippen LogP contribution in [0.5, 0.6) is 5.75 Å². The first-order chi connectivity index (χ1) is 25.0. The Morgan fingerprint density at radius 2 is 1.73 bits per heavy atom. The summed E-state index contributed by atoms with van der Waals surface area (Å²) >= 11 is 0. The van der Waals surface area contributed by atoms with Crippen LogP contribution in [0, 0.1) is 23.5 Å². The van der Waals surface area contributed by atoms with Gasteiger partial charge in [-0.05, 0) is 79.0 Å². The van der Waals surface area contributed by atoms with E-state index in [4.69, 9.17) is 14.2 Å². The van der Waals surface area contributed by atoms with Gasteiger partial charge in [-0.25, -0.2) is 13.6 Å². The molecule has 3 aromatic carbocycles. The van der Waals surface area contributed by atoms with Crippen LogP contribution in [0.2, 0.25) is 0 Å². The van der Waals surface area contributed by atoms with Crippen LogP contribution in [0.25, 0.3) is 0 Å². The third kappa shape index (κ3) is 10.5. The van der Waals surface area contributed by atoms with Crippen molar-refractivity contribution in [2.24, 2.45) is 11.8 Å². The van der Waals surface area contributed by atoms with E-state index in [1.54, 1.807) is 18.1 Å². The number of nitrogens with zero attached hydrogens (tertiary/aromatic N) is 2. The summed E-state index contributed by atoms with van der Waals surface area (Å²) in [5.74, 6) is -1.39. The lowest BCUT2D eigenvalue weighted by Crippen LogP contribution is -2.50. The first-order valence-electron chi connectivity index (χ1n) is 18.3. The molecule has 1 amide bonds. The van der Waals surface area contributed by atoms with Crippen LogP contribution in [0.15, 0.2) is 85.5 Å². The van der Waals surface area contributed by atoms with Gasteiger partial charge in [0.15, 0.2) is 0 Å². The standard InChI is InChI=1S/C42H52F2N2O6/c1-5-19-51-36-25-38(45(27-36)26-30-11-14-35(50-4)15-12-30)40(47)39(23-31-21-33(43)24-34(44)22-31)52-42(49)37(16-13-29-9-7-6-8-10-29)46-18-17-32(41(46)48)20-28(2)3/h5-12,14-15,21-22,24,28,32,36-40,47H,1,13,16-20,23,25-27H2,2-4H3/t32-,36-,37+,38-,39+,40-/m1/s1. The Bertz CT molecular complexity index is 1600. The van der Waals surface area contributed by atoms with Crippen molar-refractivity contribution < 1.29 is 37.7 Å². The van der Waals surface area contributed by atoms with Crippen molar-refractivity contribution in [3.63, 3.8) is 0 Å². The van der Waals surface area contributed by atoms with Crippen molar-refractivity contribution in [1.29, 1.82) is 0 Å². The van der Waals surface area contributed by atoms with Gasteiger partial charge in [-0.1, -0.05) is 62.4 Å². The summed E-state index contributed by atoms with van der Waals surface area (Å²) in [5.41, 5.74) is 2.24. The maximum atomic E-state index is 14.4. The van der Waals surface area contributed by atoms with Gasteiger partial charge in [0.1, 0.15) is 35.6 Å². The van der Waals surface area contributed by atoms with Gasteiger partial charge in [0.25, 0.3) is 0 Å². The Kier molecular flexibility index (Phi) is 14.0. The van der Waals surface area contributed by atoms with Crippen molar-refractivity contribution in [3.05, 3.63) is 114 Å². The molecule has 3 aromatic rings. The third-order valence-corrected chi connectivity index (χ3v) is 10.1. The number of aryl methyl sites for hydroxylation is 1. The molecule has 2 aliphatic rings. The van der Waals surface area contributed by atoms with Crippen molar-refractivity contribution in [2.45, 2.75) is 89.3 Å². The van der Waals surface area contributed by atoms with Crippen LogP contribution < -0.4 is 4.74 Å². The van der Waals surface area contributed by atoms with Gasteiger partial charge >= 0.3 is 5.97 Å².